The van der Waals surface area contributed by atoms with Crippen LogP contribution in [0.5, 0.6) is 0 Å². The molecule has 0 aromatic heterocycles. The molecule has 1 aliphatic rings. The number of aldehydes is 1. The van der Waals surface area contributed by atoms with E-state index in [4.69, 9.17) is 0 Å². The highest BCUT2D eigenvalue weighted by atomic mass is 16.1. The highest BCUT2D eigenvalue weighted by molar-refractivity contribution is 6.90. The van der Waals surface area contributed by atoms with Gasteiger partial charge in [0.25, 0.3) is 0 Å². The van der Waals surface area contributed by atoms with Crippen LogP contribution in [-0.2, 0) is 4.79 Å². The lowest BCUT2D eigenvalue weighted by Gasteiger charge is -2.13. The molecule has 12 heavy (non-hydrogen) atoms. The van der Waals surface area contributed by atoms with Crippen LogP contribution >= 0.6 is 0 Å². The minimum atomic E-state index is 0.700. The molecule has 1 aliphatic carbocycles. The van der Waals surface area contributed by atoms with Crippen LogP contribution in [-0.4, -0.2) is 21.2 Å². The van der Waals surface area contributed by atoms with E-state index in [0.29, 0.717) is 5.82 Å². The molecule has 0 N–H and O–H groups in total. The van der Waals surface area contributed by atoms with Crippen LogP contribution < -0.4 is 0 Å². The van der Waals surface area contributed by atoms with Gasteiger partial charge in [-0.15, -0.1) is 0 Å². The van der Waals surface area contributed by atoms with Crippen LogP contribution in [0.25, 0.3) is 0 Å². The molecule has 0 radical (unpaired) electrons. The van der Waals surface area contributed by atoms with E-state index in [1.807, 2.05) is 12.2 Å². The molecule has 1 nitrogen and oxygen atoms in total. The average Bonchev–Trinajstić information content (AvgIpc) is 2.05. The van der Waals surface area contributed by atoms with Crippen molar-refractivity contribution in [1.82, 2.24) is 0 Å². The Morgan fingerprint density at radius 2 is 2.50 bits per heavy atom. The van der Waals surface area contributed by atoms with E-state index in [1.165, 1.54) is 13.6 Å². The second-order valence-electron chi connectivity index (χ2n) is 3.34. The maximum Gasteiger partial charge on any atom is 0.146 e. The standard InChI is InChI=1S/C9H14B2O/c10-11-9-5-3-1-2-4-8(6-9)7-12/h1-2,4,7,9,11H,3,5-6,10H2/b2-1?,8-4+. The molecule has 0 bridgehead atoms. The van der Waals surface area contributed by atoms with Crippen molar-refractivity contribution in [2.75, 3.05) is 0 Å². The van der Waals surface area contributed by atoms with E-state index in [2.05, 4.69) is 13.8 Å². The Morgan fingerprint density at radius 3 is 3.17 bits per heavy atom. The van der Waals surface area contributed by atoms with Crippen molar-refractivity contribution in [3.8, 4) is 0 Å². The Kier molecular flexibility index (Phi) is 3.92. The van der Waals surface area contributed by atoms with Crippen LogP contribution in [0.4, 0.5) is 0 Å². The maximum atomic E-state index is 10.6. The largest absolute Gasteiger partial charge is 0.298 e. The summed E-state index contributed by atoms with van der Waals surface area (Å²) in [6, 6.07) is 0. The monoisotopic (exact) mass is 160 g/mol. The SMILES string of the molecule is BBC1CCC=C/C=C(/C=O)C1. The smallest absolute Gasteiger partial charge is 0.146 e. The molecular weight excluding hydrogens is 146 g/mol. The summed E-state index contributed by atoms with van der Waals surface area (Å²) in [6.07, 6.45) is 10.4. The van der Waals surface area contributed by atoms with Gasteiger partial charge in [0.05, 0.1) is 14.9 Å². The summed E-state index contributed by atoms with van der Waals surface area (Å²) in [5, 5.41) is 0. The third-order valence-electron chi connectivity index (χ3n) is 2.44. The van der Waals surface area contributed by atoms with Crippen molar-refractivity contribution in [1.29, 1.82) is 0 Å². The van der Waals surface area contributed by atoms with Gasteiger partial charge in [0.2, 0.25) is 0 Å². The normalized spacial score (nSPS) is 28.0. The molecule has 0 amide bonds. The zero-order chi connectivity index (χ0) is 8.81. The second kappa shape index (κ2) is 5.02. The Balaban J connectivity index is 2.63. The van der Waals surface area contributed by atoms with E-state index in [9.17, 15) is 4.79 Å². The summed E-state index contributed by atoms with van der Waals surface area (Å²) in [5.41, 5.74) is 0.942. The first kappa shape index (κ1) is 9.37. The molecule has 0 spiro atoms. The van der Waals surface area contributed by atoms with E-state index in [1.54, 1.807) is 0 Å². The molecule has 1 unspecified atom stereocenters. The van der Waals surface area contributed by atoms with Crippen LogP contribution in [0.2, 0.25) is 5.82 Å². The Labute approximate surface area is 75.6 Å². The first-order valence-electron chi connectivity index (χ1n) is 4.67. The van der Waals surface area contributed by atoms with E-state index < -0.39 is 0 Å². The van der Waals surface area contributed by atoms with E-state index >= 15 is 0 Å². The van der Waals surface area contributed by atoms with Gasteiger partial charge in [-0.25, -0.2) is 0 Å². The summed E-state index contributed by atoms with van der Waals surface area (Å²) < 4.78 is 0. The van der Waals surface area contributed by atoms with Gasteiger partial charge in [-0.2, -0.15) is 0 Å². The van der Waals surface area contributed by atoms with Crippen molar-refractivity contribution in [3.63, 3.8) is 0 Å². The number of carbonyl (C=O) groups excluding carboxylic acids is 1. The predicted molar refractivity (Wildman–Crippen MR) is 56.6 cm³/mol. The lowest BCUT2D eigenvalue weighted by atomic mass is 9.45. The second-order valence-corrected chi connectivity index (χ2v) is 3.34. The lowest BCUT2D eigenvalue weighted by Crippen LogP contribution is -2.06. The minimum absolute atomic E-state index is 0.700. The third-order valence-corrected chi connectivity index (χ3v) is 2.44. The number of carbonyl (C=O) groups is 1. The van der Waals surface area contributed by atoms with Crippen LogP contribution in [0.1, 0.15) is 19.3 Å². The van der Waals surface area contributed by atoms with Crippen LogP contribution in [0.15, 0.2) is 23.8 Å². The van der Waals surface area contributed by atoms with Crippen LogP contribution in [0, 0.1) is 0 Å². The number of hydrogen-bond donors (Lipinski definition) is 0. The van der Waals surface area contributed by atoms with Gasteiger partial charge in [-0.1, -0.05) is 30.5 Å². The highest BCUT2D eigenvalue weighted by Crippen LogP contribution is 2.22. The Hall–Kier alpha value is -0.720. The van der Waals surface area contributed by atoms with Crippen molar-refractivity contribution in [2.24, 2.45) is 0 Å². The van der Waals surface area contributed by atoms with Crippen LogP contribution in [0.3, 0.4) is 0 Å². The van der Waals surface area contributed by atoms with Gasteiger partial charge in [-0.3, -0.25) is 4.79 Å². The zero-order valence-corrected chi connectivity index (χ0v) is 7.62. The summed E-state index contributed by atoms with van der Waals surface area (Å²) >= 11 is 0. The van der Waals surface area contributed by atoms with Crippen molar-refractivity contribution >= 4 is 21.2 Å². The van der Waals surface area contributed by atoms with Gasteiger partial charge in [-0.05, 0) is 18.4 Å². The van der Waals surface area contributed by atoms with Gasteiger partial charge >= 0.3 is 0 Å². The zero-order valence-electron chi connectivity index (χ0n) is 7.62. The maximum absolute atomic E-state index is 10.6. The molecule has 0 heterocycles. The highest BCUT2D eigenvalue weighted by Gasteiger charge is 2.09. The van der Waals surface area contributed by atoms with Crippen molar-refractivity contribution < 1.29 is 4.79 Å². The van der Waals surface area contributed by atoms with Crippen molar-refractivity contribution in [3.05, 3.63) is 23.8 Å². The molecule has 3 heteroatoms. The predicted octanol–water partition coefficient (Wildman–Crippen LogP) is 0.625. The fraction of sp³-hybridized carbons (Fsp3) is 0.444. The first-order chi connectivity index (χ1) is 5.86. The topological polar surface area (TPSA) is 17.1 Å². The number of allylic oxidation sites excluding steroid dienone is 4. The van der Waals surface area contributed by atoms with Gasteiger partial charge in [0, 0.05) is 0 Å². The quantitative estimate of drug-likeness (QED) is 0.427. The number of hydrogen-bond acceptors (Lipinski definition) is 1. The molecular formula is C9H14B2O. The van der Waals surface area contributed by atoms with E-state index in [0.717, 1.165) is 24.7 Å². The first-order valence-corrected chi connectivity index (χ1v) is 4.67. The van der Waals surface area contributed by atoms with Gasteiger partial charge < -0.3 is 0 Å². The van der Waals surface area contributed by atoms with Crippen molar-refractivity contribution in [2.45, 2.75) is 25.1 Å². The molecule has 0 aromatic rings. The summed E-state index contributed by atoms with van der Waals surface area (Å²) in [4.78, 5) is 10.6. The molecule has 62 valence electrons. The molecule has 1 atom stereocenters. The Morgan fingerprint density at radius 1 is 1.67 bits per heavy atom. The minimum Gasteiger partial charge on any atom is -0.298 e. The average molecular weight is 160 g/mol. The molecule has 1 rings (SSSR count). The number of rotatable bonds is 2. The third kappa shape index (κ3) is 2.72. The van der Waals surface area contributed by atoms with Gasteiger partial charge in [0.1, 0.15) is 6.29 Å². The molecule has 0 saturated carbocycles. The summed E-state index contributed by atoms with van der Waals surface area (Å²) in [6.45, 7) is 0. The molecule has 0 aromatic carbocycles. The fourth-order valence-corrected chi connectivity index (χ4v) is 1.56. The van der Waals surface area contributed by atoms with E-state index in [-0.39, 0.29) is 0 Å². The molecule has 0 saturated heterocycles. The molecule has 0 aliphatic heterocycles. The van der Waals surface area contributed by atoms with Gasteiger partial charge in [0.15, 0.2) is 0 Å². The summed E-state index contributed by atoms with van der Waals surface area (Å²) in [5.74, 6) is 0.700. The lowest BCUT2D eigenvalue weighted by molar-refractivity contribution is -0.105. The molecule has 0 fully saturated rings. The fourth-order valence-electron chi connectivity index (χ4n) is 1.56. The Bertz CT molecular complexity index is 209. The summed E-state index contributed by atoms with van der Waals surface area (Å²) in [7, 11) is 3.37.